The number of anilines is 2. The van der Waals surface area contributed by atoms with Gasteiger partial charge in [0.25, 0.3) is 0 Å². The Balaban J connectivity index is 1.51. The second-order valence-corrected chi connectivity index (χ2v) is 8.38. The minimum atomic E-state index is 0.257. The van der Waals surface area contributed by atoms with Crippen LogP contribution in [0.3, 0.4) is 0 Å². The lowest BCUT2D eigenvalue weighted by Gasteiger charge is -2.16. The molecule has 1 aromatic carbocycles. The Labute approximate surface area is 191 Å². The summed E-state index contributed by atoms with van der Waals surface area (Å²) in [4.78, 5) is 22.5. The summed E-state index contributed by atoms with van der Waals surface area (Å²) in [6, 6.07) is 7.72. The van der Waals surface area contributed by atoms with Crippen LogP contribution in [0, 0.1) is 0 Å². The van der Waals surface area contributed by atoms with E-state index in [0.29, 0.717) is 19.0 Å². The summed E-state index contributed by atoms with van der Waals surface area (Å²) in [6.07, 6.45) is 9.93. The van der Waals surface area contributed by atoms with Crippen molar-refractivity contribution in [3.05, 3.63) is 36.2 Å². The molecule has 1 fully saturated rings. The molecular weight excluding hydrogens is 404 g/mol. The molecule has 1 saturated heterocycles. The van der Waals surface area contributed by atoms with Gasteiger partial charge in [-0.2, -0.15) is 0 Å². The largest absolute Gasteiger partial charge is 0.493 e. The molecule has 0 bridgehead atoms. The van der Waals surface area contributed by atoms with Gasteiger partial charge in [-0.15, -0.1) is 0 Å². The number of methoxy groups -OCH3 is 1. The monoisotopic (exact) mass is 440 g/mol. The molecule has 2 aromatic rings. The summed E-state index contributed by atoms with van der Waals surface area (Å²) in [5, 5.41) is 3.28. The number of Topliss-reactive ketones (excluding diaryl/α,β-unsaturated/α-hetero) is 1. The number of nitrogens with zero attached hydrogens (tertiary/aromatic N) is 3. The van der Waals surface area contributed by atoms with Crippen molar-refractivity contribution in [2.24, 2.45) is 0 Å². The predicted octanol–water partition coefficient (Wildman–Crippen LogP) is 4.79. The Morgan fingerprint density at radius 3 is 2.72 bits per heavy atom. The van der Waals surface area contributed by atoms with Crippen LogP contribution in [0.4, 0.5) is 11.6 Å². The number of ketones is 1. The Morgan fingerprint density at radius 2 is 1.94 bits per heavy atom. The van der Waals surface area contributed by atoms with Gasteiger partial charge in [0.15, 0.2) is 11.5 Å². The lowest BCUT2D eigenvalue weighted by atomic mass is 10.1. The summed E-state index contributed by atoms with van der Waals surface area (Å²) in [5.74, 6) is 2.27. The molecular formula is C25H36N4O3. The van der Waals surface area contributed by atoms with Crippen LogP contribution in [0.5, 0.6) is 11.5 Å². The second kappa shape index (κ2) is 13.0. The SMILES string of the molecule is COc1ccc(Nc2nccc(CCCCCC(C)=O)n2)cc1OCCCN1CCCC1. The van der Waals surface area contributed by atoms with E-state index in [1.54, 1.807) is 20.2 Å². The quantitative estimate of drug-likeness (QED) is 0.423. The standard InChI is InChI=1S/C25H36N4O3/c1-20(30)9-4-3-5-10-21-13-14-26-25(27-21)28-22-11-12-23(31-2)24(19-22)32-18-8-17-29-15-6-7-16-29/h11-14,19H,3-10,15-18H2,1-2H3,(H,26,27,28). The molecule has 0 amide bonds. The number of ether oxygens (including phenoxy) is 2. The maximum atomic E-state index is 11.0. The molecule has 32 heavy (non-hydrogen) atoms. The molecule has 3 rings (SSSR count). The summed E-state index contributed by atoms with van der Waals surface area (Å²) in [5.41, 5.74) is 1.86. The maximum Gasteiger partial charge on any atom is 0.227 e. The smallest absolute Gasteiger partial charge is 0.227 e. The highest BCUT2D eigenvalue weighted by atomic mass is 16.5. The van der Waals surface area contributed by atoms with E-state index in [1.165, 1.54) is 25.9 Å². The van der Waals surface area contributed by atoms with Crippen molar-refractivity contribution < 1.29 is 14.3 Å². The third kappa shape index (κ3) is 8.11. The number of nitrogens with one attached hydrogen (secondary N) is 1. The van der Waals surface area contributed by atoms with Crippen LogP contribution in [0.2, 0.25) is 0 Å². The van der Waals surface area contributed by atoms with Crippen molar-refractivity contribution in [2.75, 3.05) is 38.7 Å². The number of likely N-dealkylation sites (tertiary alicyclic amines) is 1. The number of rotatable bonds is 14. The minimum Gasteiger partial charge on any atom is -0.493 e. The van der Waals surface area contributed by atoms with Gasteiger partial charge in [0.05, 0.1) is 13.7 Å². The van der Waals surface area contributed by atoms with E-state index < -0.39 is 0 Å². The normalized spacial score (nSPS) is 13.8. The predicted molar refractivity (Wildman–Crippen MR) is 127 cm³/mol. The fourth-order valence-electron chi connectivity index (χ4n) is 3.93. The summed E-state index contributed by atoms with van der Waals surface area (Å²) < 4.78 is 11.5. The van der Waals surface area contributed by atoms with Gasteiger partial charge in [0, 0.05) is 36.6 Å². The van der Waals surface area contributed by atoms with Crippen molar-refractivity contribution in [2.45, 2.75) is 58.3 Å². The topological polar surface area (TPSA) is 76.6 Å². The zero-order valence-electron chi connectivity index (χ0n) is 19.4. The summed E-state index contributed by atoms with van der Waals surface area (Å²) in [6.45, 7) is 5.80. The van der Waals surface area contributed by atoms with Crippen molar-refractivity contribution in [3.63, 3.8) is 0 Å². The molecule has 0 radical (unpaired) electrons. The Kier molecular flexibility index (Phi) is 9.75. The molecule has 0 unspecified atom stereocenters. The first-order valence-corrected chi connectivity index (χ1v) is 11.8. The van der Waals surface area contributed by atoms with Gasteiger partial charge in [0.2, 0.25) is 5.95 Å². The molecule has 7 nitrogen and oxygen atoms in total. The first-order chi connectivity index (χ1) is 15.6. The number of benzene rings is 1. The van der Waals surface area contributed by atoms with Crippen LogP contribution in [0.15, 0.2) is 30.5 Å². The molecule has 1 aliphatic heterocycles. The van der Waals surface area contributed by atoms with Crippen molar-refractivity contribution in [3.8, 4) is 11.5 Å². The molecule has 1 aliphatic rings. The fourth-order valence-corrected chi connectivity index (χ4v) is 3.93. The lowest BCUT2D eigenvalue weighted by Crippen LogP contribution is -2.21. The maximum absolute atomic E-state index is 11.0. The second-order valence-electron chi connectivity index (χ2n) is 8.38. The highest BCUT2D eigenvalue weighted by Crippen LogP contribution is 2.31. The summed E-state index contributed by atoms with van der Waals surface area (Å²) in [7, 11) is 1.66. The fraction of sp³-hybridized carbons (Fsp3) is 0.560. The number of hydrogen-bond donors (Lipinski definition) is 1. The molecule has 0 spiro atoms. The van der Waals surface area contributed by atoms with Gasteiger partial charge >= 0.3 is 0 Å². The zero-order valence-corrected chi connectivity index (χ0v) is 19.4. The van der Waals surface area contributed by atoms with E-state index in [2.05, 4.69) is 20.2 Å². The number of aromatic nitrogens is 2. The van der Waals surface area contributed by atoms with E-state index in [4.69, 9.17) is 9.47 Å². The molecule has 174 valence electrons. The van der Waals surface area contributed by atoms with Gasteiger partial charge in [0.1, 0.15) is 5.78 Å². The number of hydrogen-bond acceptors (Lipinski definition) is 7. The molecule has 2 heterocycles. The van der Waals surface area contributed by atoms with Gasteiger partial charge in [-0.1, -0.05) is 6.42 Å². The average molecular weight is 441 g/mol. The van der Waals surface area contributed by atoms with Gasteiger partial charge in [-0.05, 0) is 76.7 Å². The molecule has 0 atom stereocenters. The van der Waals surface area contributed by atoms with Crippen molar-refractivity contribution >= 4 is 17.4 Å². The number of carbonyl (C=O) groups excluding carboxylic acids is 1. The van der Waals surface area contributed by atoms with E-state index in [-0.39, 0.29) is 5.78 Å². The van der Waals surface area contributed by atoms with Gasteiger partial charge in [-0.25, -0.2) is 9.97 Å². The van der Waals surface area contributed by atoms with Crippen molar-refractivity contribution in [1.29, 1.82) is 0 Å². The van der Waals surface area contributed by atoms with E-state index in [9.17, 15) is 4.79 Å². The Morgan fingerprint density at radius 1 is 1.09 bits per heavy atom. The van der Waals surface area contributed by atoms with Crippen molar-refractivity contribution in [1.82, 2.24) is 14.9 Å². The molecule has 0 saturated carbocycles. The van der Waals surface area contributed by atoms with E-state index in [1.807, 2.05) is 24.3 Å². The Bertz CT molecular complexity index is 853. The minimum absolute atomic E-state index is 0.257. The van der Waals surface area contributed by atoms with Crippen LogP contribution in [0.25, 0.3) is 0 Å². The van der Waals surface area contributed by atoms with Crippen LogP contribution in [-0.2, 0) is 11.2 Å². The number of unbranched alkanes of at least 4 members (excludes halogenated alkanes) is 2. The van der Waals surface area contributed by atoms with E-state index in [0.717, 1.165) is 61.5 Å². The molecule has 7 heteroatoms. The highest BCUT2D eigenvalue weighted by Gasteiger charge is 2.11. The van der Waals surface area contributed by atoms with Gasteiger partial charge in [-0.3, -0.25) is 0 Å². The zero-order chi connectivity index (χ0) is 22.6. The lowest BCUT2D eigenvalue weighted by molar-refractivity contribution is -0.117. The van der Waals surface area contributed by atoms with Crippen LogP contribution in [-0.4, -0.2) is 54.0 Å². The van der Waals surface area contributed by atoms with E-state index >= 15 is 0 Å². The third-order valence-corrected chi connectivity index (χ3v) is 5.67. The number of aryl methyl sites for hydroxylation is 1. The first-order valence-electron chi connectivity index (χ1n) is 11.8. The van der Waals surface area contributed by atoms with Crippen LogP contribution < -0.4 is 14.8 Å². The average Bonchev–Trinajstić information content (AvgIpc) is 3.30. The molecule has 1 aromatic heterocycles. The first kappa shape index (κ1) is 24.0. The van der Waals surface area contributed by atoms with Gasteiger partial charge < -0.3 is 24.5 Å². The summed E-state index contributed by atoms with van der Waals surface area (Å²) >= 11 is 0. The Hall–Kier alpha value is -2.67. The molecule has 1 N–H and O–H groups in total. The third-order valence-electron chi connectivity index (χ3n) is 5.67. The van der Waals surface area contributed by atoms with Crippen LogP contribution >= 0.6 is 0 Å². The molecule has 0 aliphatic carbocycles. The van der Waals surface area contributed by atoms with Crippen LogP contribution in [0.1, 0.15) is 57.6 Å². The number of carbonyl (C=O) groups is 1. The highest BCUT2D eigenvalue weighted by molar-refractivity contribution is 5.75.